The lowest BCUT2D eigenvalue weighted by Gasteiger charge is -2.38. The minimum absolute atomic E-state index is 0.371. The van der Waals surface area contributed by atoms with Gasteiger partial charge in [-0.3, -0.25) is 0 Å². The second-order valence-electron chi connectivity index (χ2n) is 10.7. The summed E-state index contributed by atoms with van der Waals surface area (Å²) in [5, 5.41) is 0. The van der Waals surface area contributed by atoms with Crippen LogP contribution >= 0.6 is 0 Å². The summed E-state index contributed by atoms with van der Waals surface area (Å²) in [6.07, 6.45) is 17.9. The zero-order valence-electron chi connectivity index (χ0n) is 20.1. The zero-order valence-corrected chi connectivity index (χ0v) is 20.1. The normalized spacial score (nSPS) is 25.8. The van der Waals surface area contributed by atoms with Crippen LogP contribution < -0.4 is 0 Å². The number of halogens is 3. The molecule has 2 saturated carbocycles. The van der Waals surface area contributed by atoms with Gasteiger partial charge in [0, 0.05) is 0 Å². The molecule has 0 unspecified atom stereocenters. The summed E-state index contributed by atoms with van der Waals surface area (Å²) in [6, 6.07) is 9.96. The van der Waals surface area contributed by atoms with Crippen molar-refractivity contribution in [3.63, 3.8) is 0 Å². The molecule has 180 valence electrons. The summed E-state index contributed by atoms with van der Waals surface area (Å²) < 4.78 is 40.3. The lowest BCUT2D eigenvalue weighted by molar-refractivity contribution is 0.140. The molecule has 2 aliphatic rings. The highest BCUT2D eigenvalue weighted by Gasteiger charge is 2.30. The molecular formula is C30H39F3. The maximum absolute atomic E-state index is 13.5. The molecule has 0 saturated heterocycles. The molecule has 0 heterocycles. The topological polar surface area (TPSA) is 0 Å². The highest BCUT2D eigenvalue weighted by Crippen LogP contribution is 2.43. The molecule has 0 atom stereocenters. The van der Waals surface area contributed by atoms with E-state index in [0.717, 1.165) is 42.2 Å². The smallest absolute Gasteiger partial charge is 0.194 e. The standard InChI is InChI=1S/C30H39F3/c1-2-3-4-21-7-13-24(14-8-21)25-15-9-22(10-16-25)5-6-23-11-17-26(18-12-23)27-19-28(31)30(33)29(32)20-27/h11-12,17-22,24-25H,2-10,13-16H2,1H3/t21-,22-,24-,25-. The van der Waals surface area contributed by atoms with Crippen LogP contribution in [-0.4, -0.2) is 0 Å². The first-order valence-electron chi connectivity index (χ1n) is 13.3. The summed E-state index contributed by atoms with van der Waals surface area (Å²) in [5.41, 5.74) is 2.34. The van der Waals surface area contributed by atoms with Gasteiger partial charge in [-0.1, -0.05) is 76.1 Å². The zero-order chi connectivity index (χ0) is 23.2. The Kier molecular flexibility index (Phi) is 8.55. The summed E-state index contributed by atoms with van der Waals surface area (Å²) in [4.78, 5) is 0. The van der Waals surface area contributed by atoms with Gasteiger partial charge in [0.2, 0.25) is 0 Å². The molecule has 33 heavy (non-hydrogen) atoms. The largest absolute Gasteiger partial charge is 0.204 e. The highest BCUT2D eigenvalue weighted by atomic mass is 19.2. The lowest BCUT2D eigenvalue weighted by atomic mass is 9.68. The van der Waals surface area contributed by atoms with E-state index in [2.05, 4.69) is 6.92 Å². The van der Waals surface area contributed by atoms with E-state index < -0.39 is 17.5 Å². The highest BCUT2D eigenvalue weighted by molar-refractivity contribution is 5.63. The van der Waals surface area contributed by atoms with Crippen molar-refractivity contribution >= 4 is 0 Å². The Balaban J connectivity index is 1.20. The fraction of sp³-hybridized carbons (Fsp3) is 0.600. The molecule has 0 nitrogen and oxygen atoms in total. The molecule has 0 aliphatic heterocycles. The minimum Gasteiger partial charge on any atom is -0.204 e. The summed E-state index contributed by atoms with van der Waals surface area (Å²) in [7, 11) is 0. The van der Waals surface area contributed by atoms with E-state index in [4.69, 9.17) is 0 Å². The van der Waals surface area contributed by atoms with Crippen LogP contribution in [0.1, 0.15) is 89.5 Å². The second-order valence-corrected chi connectivity index (χ2v) is 10.7. The van der Waals surface area contributed by atoms with E-state index in [1.54, 1.807) is 0 Å². The van der Waals surface area contributed by atoms with Crippen molar-refractivity contribution in [1.82, 2.24) is 0 Å². The van der Waals surface area contributed by atoms with Crippen molar-refractivity contribution in [2.75, 3.05) is 0 Å². The van der Waals surface area contributed by atoms with E-state index in [-0.39, 0.29) is 0 Å². The van der Waals surface area contributed by atoms with Crippen LogP contribution in [0.25, 0.3) is 11.1 Å². The van der Waals surface area contributed by atoms with Crippen molar-refractivity contribution in [3.8, 4) is 11.1 Å². The monoisotopic (exact) mass is 456 g/mol. The van der Waals surface area contributed by atoms with Gasteiger partial charge in [0.1, 0.15) is 0 Å². The molecule has 0 amide bonds. The SMILES string of the molecule is CCCC[C@H]1CC[C@H]([C@H]2CC[C@H](CCc3ccc(-c4cc(F)c(F)c(F)c4)cc3)CC2)CC1. The van der Waals surface area contributed by atoms with Gasteiger partial charge in [0.05, 0.1) is 0 Å². The lowest BCUT2D eigenvalue weighted by Crippen LogP contribution is -2.26. The summed E-state index contributed by atoms with van der Waals surface area (Å²) in [5.74, 6) is 0.0713. The molecular weight excluding hydrogens is 417 g/mol. The molecule has 0 radical (unpaired) electrons. The number of unbranched alkanes of at least 4 members (excludes halogenated alkanes) is 1. The number of rotatable bonds is 8. The van der Waals surface area contributed by atoms with Gasteiger partial charge < -0.3 is 0 Å². The van der Waals surface area contributed by atoms with Crippen LogP contribution in [0.2, 0.25) is 0 Å². The third kappa shape index (κ3) is 6.43. The van der Waals surface area contributed by atoms with E-state index in [9.17, 15) is 13.2 Å². The average molecular weight is 457 g/mol. The van der Waals surface area contributed by atoms with E-state index >= 15 is 0 Å². The Hall–Kier alpha value is -1.77. The summed E-state index contributed by atoms with van der Waals surface area (Å²) >= 11 is 0. The third-order valence-electron chi connectivity index (χ3n) is 8.53. The Morgan fingerprint density at radius 3 is 1.70 bits per heavy atom. The van der Waals surface area contributed by atoms with Crippen LogP contribution in [0.15, 0.2) is 36.4 Å². The van der Waals surface area contributed by atoms with Gasteiger partial charge in [-0.05, 0) is 91.0 Å². The Labute approximate surface area is 198 Å². The van der Waals surface area contributed by atoms with Crippen LogP contribution in [0, 0.1) is 41.1 Å². The Morgan fingerprint density at radius 2 is 1.18 bits per heavy atom. The Morgan fingerprint density at radius 1 is 0.667 bits per heavy atom. The van der Waals surface area contributed by atoms with E-state index in [1.807, 2.05) is 24.3 Å². The molecule has 0 aromatic heterocycles. The van der Waals surface area contributed by atoms with Gasteiger partial charge in [0.15, 0.2) is 17.5 Å². The first-order chi connectivity index (χ1) is 16.0. The van der Waals surface area contributed by atoms with E-state index in [1.165, 1.54) is 82.6 Å². The molecule has 0 bridgehead atoms. The Bertz CT molecular complexity index is 849. The van der Waals surface area contributed by atoms with Gasteiger partial charge in [-0.2, -0.15) is 0 Å². The second kappa shape index (κ2) is 11.6. The molecule has 2 aromatic carbocycles. The predicted molar refractivity (Wildman–Crippen MR) is 130 cm³/mol. The molecule has 0 N–H and O–H groups in total. The van der Waals surface area contributed by atoms with Crippen molar-refractivity contribution in [2.24, 2.45) is 23.7 Å². The number of hydrogen-bond acceptors (Lipinski definition) is 0. The van der Waals surface area contributed by atoms with Gasteiger partial charge in [-0.25, -0.2) is 13.2 Å². The van der Waals surface area contributed by atoms with Gasteiger partial charge in [0.25, 0.3) is 0 Å². The van der Waals surface area contributed by atoms with Crippen molar-refractivity contribution in [2.45, 2.75) is 90.4 Å². The van der Waals surface area contributed by atoms with Crippen LogP contribution in [-0.2, 0) is 6.42 Å². The first kappa shape index (κ1) is 24.4. The van der Waals surface area contributed by atoms with Crippen LogP contribution in [0.5, 0.6) is 0 Å². The minimum atomic E-state index is -1.41. The average Bonchev–Trinajstić information content (AvgIpc) is 2.85. The predicted octanol–water partition coefficient (Wildman–Crippen LogP) is 9.51. The maximum atomic E-state index is 13.5. The number of benzene rings is 2. The third-order valence-corrected chi connectivity index (χ3v) is 8.53. The van der Waals surface area contributed by atoms with Gasteiger partial charge in [-0.15, -0.1) is 0 Å². The molecule has 2 aliphatic carbocycles. The molecule has 2 aromatic rings. The van der Waals surface area contributed by atoms with Gasteiger partial charge >= 0.3 is 0 Å². The maximum Gasteiger partial charge on any atom is 0.194 e. The number of hydrogen-bond donors (Lipinski definition) is 0. The van der Waals surface area contributed by atoms with Crippen molar-refractivity contribution in [3.05, 3.63) is 59.4 Å². The molecule has 3 heteroatoms. The molecule has 2 fully saturated rings. The van der Waals surface area contributed by atoms with Crippen LogP contribution in [0.3, 0.4) is 0 Å². The molecule has 0 spiro atoms. The first-order valence-corrected chi connectivity index (χ1v) is 13.3. The number of aryl methyl sites for hydroxylation is 1. The summed E-state index contributed by atoms with van der Waals surface area (Å²) in [6.45, 7) is 2.30. The molecule has 4 rings (SSSR count). The van der Waals surface area contributed by atoms with Crippen molar-refractivity contribution in [1.29, 1.82) is 0 Å². The van der Waals surface area contributed by atoms with Crippen molar-refractivity contribution < 1.29 is 13.2 Å². The fourth-order valence-corrected chi connectivity index (χ4v) is 6.35. The fourth-order valence-electron chi connectivity index (χ4n) is 6.35. The quantitative estimate of drug-likeness (QED) is 0.347. The van der Waals surface area contributed by atoms with Crippen LogP contribution in [0.4, 0.5) is 13.2 Å². The van der Waals surface area contributed by atoms with E-state index in [0.29, 0.717) is 11.1 Å².